The maximum absolute atomic E-state index is 13.3. The van der Waals surface area contributed by atoms with Gasteiger partial charge in [-0.1, -0.05) is 0 Å². The minimum absolute atomic E-state index is 0.0565. The predicted octanol–water partition coefficient (Wildman–Crippen LogP) is 3.93. The van der Waals surface area contributed by atoms with Gasteiger partial charge < -0.3 is 16.2 Å². The smallest absolute Gasteiger partial charge is 0.410 e. The van der Waals surface area contributed by atoms with Crippen molar-refractivity contribution in [2.45, 2.75) is 45.3 Å². The number of carbonyl (C=O) groups excluding carboxylic acids is 3. The van der Waals surface area contributed by atoms with Crippen LogP contribution in [0.2, 0.25) is 0 Å². The fourth-order valence-corrected chi connectivity index (χ4v) is 3.71. The first-order valence-corrected chi connectivity index (χ1v) is 10.3. The van der Waals surface area contributed by atoms with E-state index in [9.17, 15) is 14.4 Å². The molecule has 1 aliphatic heterocycles. The zero-order chi connectivity index (χ0) is 22.8. The van der Waals surface area contributed by atoms with Crippen LogP contribution in [0.25, 0.3) is 0 Å². The second kappa shape index (κ2) is 8.79. The number of ketones is 2. The van der Waals surface area contributed by atoms with Crippen LogP contribution in [0.3, 0.4) is 0 Å². The summed E-state index contributed by atoms with van der Waals surface area (Å²) in [5, 5.41) is 0. The summed E-state index contributed by atoms with van der Waals surface area (Å²) in [4.78, 5) is 40.7. The standard InChI is InChI=1S/C24H29N3O4/c1-24(2,3)31-23(30)27-13-12-17(21(28)15-4-8-18(25)9-5-15)14-20(27)22(29)16-6-10-19(26)11-7-16/h4-11,17,20H,12-14,25-26H2,1-3H3. The highest BCUT2D eigenvalue weighted by atomic mass is 16.6. The van der Waals surface area contributed by atoms with Gasteiger partial charge in [-0.15, -0.1) is 0 Å². The number of ether oxygens (including phenoxy) is 1. The maximum Gasteiger partial charge on any atom is 0.410 e. The number of benzene rings is 2. The van der Waals surface area contributed by atoms with Crippen LogP contribution < -0.4 is 11.5 Å². The Morgan fingerprint density at radius 2 is 1.35 bits per heavy atom. The third-order valence-electron chi connectivity index (χ3n) is 5.29. The van der Waals surface area contributed by atoms with E-state index in [-0.39, 0.29) is 30.4 Å². The number of hydrogen-bond acceptors (Lipinski definition) is 6. The van der Waals surface area contributed by atoms with E-state index in [0.29, 0.717) is 28.9 Å². The highest BCUT2D eigenvalue weighted by Gasteiger charge is 2.40. The lowest BCUT2D eigenvalue weighted by atomic mass is 9.82. The van der Waals surface area contributed by atoms with E-state index in [2.05, 4.69) is 0 Å². The molecule has 2 atom stereocenters. The first-order chi connectivity index (χ1) is 14.5. The van der Waals surface area contributed by atoms with Crippen molar-refractivity contribution >= 4 is 29.0 Å². The summed E-state index contributed by atoms with van der Waals surface area (Å²) in [6.07, 6.45) is 0.124. The summed E-state index contributed by atoms with van der Waals surface area (Å²) in [7, 11) is 0. The van der Waals surface area contributed by atoms with E-state index in [1.54, 1.807) is 69.3 Å². The number of nitrogens with two attached hydrogens (primary N) is 2. The summed E-state index contributed by atoms with van der Waals surface area (Å²) in [5.74, 6) is -0.676. The third-order valence-corrected chi connectivity index (χ3v) is 5.29. The van der Waals surface area contributed by atoms with E-state index in [1.807, 2.05) is 0 Å². The Balaban J connectivity index is 1.87. The lowest BCUT2D eigenvalue weighted by molar-refractivity contribution is 0.00605. The maximum atomic E-state index is 13.3. The number of rotatable bonds is 4. The lowest BCUT2D eigenvalue weighted by Gasteiger charge is -2.38. The molecule has 1 heterocycles. The number of hydrogen-bond donors (Lipinski definition) is 2. The number of likely N-dealkylation sites (tertiary alicyclic amines) is 1. The number of amides is 1. The fraction of sp³-hybridized carbons (Fsp3) is 0.375. The van der Waals surface area contributed by atoms with E-state index in [4.69, 9.17) is 16.2 Å². The zero-order valence-corrected chi connectivity index (χ0v) is 18.1. The van der Waals surface area contributed by atoms with Gasteiger partial charge in [-0.05, 0) is 82.1 Å². The van der Waals surface area contributed by atoms with E-state index in [0.717, 1.165) is 0 Å². The summed E-state index contributed by atoms with van der Waals surface area (Å²) in [6.45, 7) is 5.59. The molecule has 0 spiro atoms. The van der Waals surface area contributed by atoms with Crippen molar-refractivity contribution in [3.05, 3.63) is 59.7 Å². The summed E-state index contributed by atoms with van der Waals surface area (Å²) in [6, 6.07) is 12.5. The molecule has 0 aliphatic carbocycles. The first kappa shape index (κ1) is 22.3. The van der Waals surface area contributed by atoms with Gasteiger partial charge in [0.25, 0.3) is 0 Å². The van der Waals surface area contributed by atoms with Crippen molar-refractivity contribution in [2.75, 3.05) is 18.0 Å². The van der Waals surface area contributed by atoms with Crippen LogP contribution in [0.4, 0.5) is 16.2 Å². The van der Waals surface area contributed by atoms with Crippen molar-refractivity contribution in [1.29, 1.82) is 0 Å². The van der Waals surface area contributed by atoms with Gasteiger partial charge in [0, 0.05) is 35.0 Å². The minimum atomic E-state index is -0.796. The topological polar surface area (TPSA) is 116 Å². The highest BCUT2D eigenvalue weighted by molar-refractivity contribution is 6.03. The number of Topliss-reactive ketones (excluding diaryl/α,β-unsaturated/α-hetero) is 2. The summed E-state index contributed by atoms with van der Waals surface area (Å²) in [5.41, 5.74) is 12.9. The van der Waals surface area contributed by atoms with Crippen LogP contribution in [0.5, 0.6) is 0 Å². The molecule has 1 fully saturated rings. The molecule has 3 rings (SSSR count). The molecule has 1 aliphatic rings. The molecule has 2 aromatic carbocycles. The van der Waals surface area contributed by atoms with Crippen LogP contribution in [-0.2, 0) is 4.74 Å². The molecule has 1 amide bonds. The summed E-state index contributed by atoms with van der Waals surface area (Å²) < 4.78 is 5.52. The number of piperidine rings is 1. The molecule has 0 aromatic heterocycles. The zero-order valence-electron chi connectivity index (χ0n) is 18.1. The third kappa shape index (κ3) is 5.42. The average molecular weight is 424 g/mol. The Labute approximate surface area is 182 Å². The normalized spacial score (nSPS) is 19.0. The number of nitrogen functional groups attached to an aromatic ring is 2. The van der Waals surface area contributed by atoms with Crippen molar-refractivity contribution in [1.82, 2.24) is 4.90 Å². The average Bonchev–Trinajstić information content (AvgIpc) is 2.72. The van der Waals surface area contributed by atoms with Crippen LogP contribution in [0.15, 0.2) is 48.5 Å². The van der Waals surface area contributed by atoms with Crippen LogP contribution in [0, 0.1) is 5.92 Å². The van der Waals surface area contributed by atoms with Gasteiger partial charge in [-0.2, -0.15) is 0 Å². The van der Waals surface area contributed by atoms with Crippen LogP contribution >= 0.6 is 0 Å². The Kier molecular flexibility index (Phi) is 6.34. The molecule has 1 saturated heterocycles. The molecule has 0 bridgehead atoms. The Morgan fingerprint density at radius 1 is 0.871 bits per heavy atom. The van der Waals surface area contributed by atoms with E-state index in [1.165, 1.54) is 4.90 Å². The molecule has 2 unspecified atom stereocenters. The van der Waals surface area contributed by atoms with E-state index < -0.39 is 17.7 Å². The Bertz CT molecular complexity index is 962. The second-order valence-electron chi connectivity index (χ2n) is 8.88. The van der Waals surface area contributed by atoms with Crippen molar-refractivity contribution < 1.29 is 19.1 Å². The largest absolute Gasteiger partial charge is 0.444 e. The molecule has 164 valence electrons. The van der Waals surface area contributed by atoms with Crippen molar-refractivity contribution in [3.8, 4) is 0 Å². The molecule has 4 N–H and O–H groups in total. The van der Waals surface area contributed by atoms with Gasteiger partial charge >= 0.3 is 6.09 Å². The molecule has 7 nitrogen and oxygen atoms in total. The molecule has 31 heavy (non-hydrogen) atoms. The monoisotopic (exact) mass is 423 g/mol. The highest BCUT2D eigenvalue weighted by Crippen LogP contribution is 2.30. The molecule has 0 saturated carbocycles. The molecule has 0 radical (unpaired) electrons. The quantitative estimate of drug-likeness (QED) is 0.569. The summed E-state index contributed by atoms with van der Waals surface area (Å²) >= 11 is 0. The minimum Gasteiger partial charge on any atom is -0.444 e. The first-order valence-electron chi connectivity index (χ1n) is 10.3. The number of carbonyl (C=O) groups is 3. The van der Waals surface area contributed by atoms with Gasteiger partial charge in [0.15, 0.2) is 11.6 Å². The van der Waals surface area contributed by atoms with Crippen LogP contribution in [-0.4, -0.2) is 40.7 Å². The van der Waals surface area contributed by atoms with Crippen LogP contribution in [0.1, 0.15) is 54.3 Å². The number of nitrogens with zero attached hydrogens (tertiary/aromatic N) is 1. The van der Waals surface area contributed by atoms with Crippen molar-refractivity contribution in [3.63, 3.8) is 0 Å². The van der Waals surface area contributed by atoms with Gasteiger partial charge in [0.05, 0.1) is 6.04 Å². The van der Waals surface area contributed by atoms with E-state index >= 15 is 0 Å². The van der Waals surface area contributed by atoms with Gasteiger partial charge in [0.1, 0.15) is 5.60 Å². The second-order valence-corrected chi connectivity index (χ2v) is 8.88. The predicted molar refractivity (Wildman–Crippen MR) is 120 cm³/mol. The Morgan fingerprint density at radius 3 is 1.84 bits per heavy atom. The van der Waals surface area contributed by atoms with Gasteiger partial charge in [-0.25, -0.2) is 4.79 Å². The SMILES string of the molecule is CC(C)(C)OC(=O)N1CCC(C(=O)c2ccc(N)cc2)CC1C(=O)c1ccc(N)cc1. The molecular weight excluding hydrogens is 394 g/mol. The molecule has 2 aromatic rings. The molecule has 7 heteroatoms. The number of anilines is 2. The van der Waals surface area contributed by atoms with Crippen molar-refractivity contribution in [2.24, 2.45) is 5.92 Å². The molecular formula is C24H29N3O4. The van der Waals surface area contributed by atoms with Gasteiger partial charge in [-0.3, -0.25) is 14.5 Å². The Hall–Kier alpha value is -3.35. The van der Waals surface area contributed by atoms with Gasteiger partial charge in [0.2, 0.25) is 0 Å². The fourth-order valence-electron chi connectivity index (χ4n) is 3.71. The lowest BCUT2D eigenvalue weighted by Crippen LogP contribution is -2.52.